The molecule has 0 radical (unpaired) electrons. The van der Waals surface area contributed by atoms with Crippen LogP contribution in [0.2, 0.25) is 0 Å². The second kappa shape index (κ2) is 10.8. The van der Waals surface area contributed by atoms with Gasteiger partial charge in [0.2, 0.25) is 17.7 Å². The van der Waals surface area contributed by atoms with E-state index in [1.807, 2.05) is 4.90 Å². The molecule has 6 aliphatic rings. The summed E-state index contributed by atoms with van der Waals surface area (Å²) < 4.78 is 34.9. The topological polar surface area (TPSA) is 91.0 Å². The van der Waals surface area contributed by atoms with E-state index < -0.39 is 24.3 Å². The summed E-state index contributed by atoms with van der Waals surface area (Å²) in [5, 5.41) is 5.84. The molecule has 2 saturated heterocycles. The highest BCUT2D eigenvalue weighted by Crippen LogP contribution is 2.49. The Morgan fingerprint density at radius 3 is 2.58 bits per heavy atom. The second-order valence-corrected chi connectivity index (χ2v) is 12.2. The number of rotatable bonds is 5. The zero-order valence-electron chi connectivity index (χ0n) is 22.0. The van der Waals surface area contributed by atoms with E-state index in [1.165, 1.54) is 6.08 Å². The smallest absolute Gasteiger partial charge is 0.248 e. The standard InChI is InChI=1S/C28H40F2N4O4/c29-17-12-20(16-4-5-16)26(22(13-17)28(37)33-8-10-38-11-9-33)34-7-6-18(15-34)31-27(36)21-14-24(35)32-25-19(21)2-1-3-23(25)30/h14,16-20,22-23,25-26H,1-13,15H2,(H,31,36)(H,32,35)/t17?,18-,19?,20?,22?,23?,25?,26?/m1/s1. The predicted octanol–water partition coefficient (Wildman–Crippen LogP) is 1.74. The monoisotopic (exact) mass is 534 g/mol. The molecule has 3 heterocycles. The van der Waals surface area contributed by atoms with Gasteiger partial charge in [-0.3, -0.25) is 19.3 Å². The number of ether oxygens (including phenoxy) is 1. The molecule has 5 fully saturated rings. The number of nitrogens with zero attached hydrogens (tertiary/aromatic N) is 2. The van der Waals surface area contributed by atoms with Crippen molar-refractivity contribution in [3.05, 3.63) is 11.6 Å². The molecule has 3 aliphatic heterocycles. The average molecular weight is 535 g/mol. The van der Waals surface area contributed by atoms with E-state index in [9.17, 15) is 23.2 Å². The highest BCUT2D eigenvalue weighted by molar-refractivity contribution is 6.03. The molecule has 8 nitrogen and oxygen atoms in total. The lowest BCUT2D eigenvalue weighted by Gasteiger charge is -2.46. The van der Waals surface area contributed by atoms with Gasteiger partial charge in [-0.2, -0.15) is 0 Å². The number of amides is 3. The maximum absolute atomic E-state index is 15.0. The van der Waals surface area contributed by atoms with Crippen LogP contribution in [-0.2, 0) is 19.1 Å². The first-order valence-electron chi connectivity index (χ1n) is 14.6. The van der Waals surface area contributed by atoms with Gasteiger partial charge in [-0.1, -0.05) is 0 Å². The number of carbonyl (C=O) groups is 3. The molecule has 0 spiro atoms. The van der Waals surface area contributed by atoms with Crippen LogP contribution in [0.3, 0.4) is 0 Å². The lowest BCUT2D eigenvalue weighted by molar-refractivity contribution is -0.146. The summed E-state index contributed by atoms with van der Waals surface area (Å²) >= 11 is 0. The predicted molar refractivity (Wildman–Crippen MR) is 135 cm³/mol. The third kappa shape index (κ3) is 5.22. The van der Waals surface area contributed by atoms with E-state index in [1.54, 1.807) is 0 Å². The molecule has 0 aromatic rings. The number of morpholine rings is 1. The Kier molecular flexibility index (Phi) is 7.46. The van der Waals surface area contributed by atoms with Crippen LogP contribution in [0.1, 0.15) is 51.4 Å². The van der Waals surface area contributed by atoms with Crippen LogP contribution in [0, 0.1) is 23.7 Å². The number of likely N-dealkylation sites (tertiary alicyclic amines) is 1. The highest BCUT2D eigenvalue weighted by atomic mass is 19.1. The van der Waals surface area contributed by atoms with Crippen LogP contribution in [0.25, 0.3) is 0 Å². The minimum absolute atomic E-state index is 0.0264. The fourth-order valence-electron chi connectivity index (χ4n) is 7.85. The van der Waals surface area contributed by atoms with E-state index in [0.717, 1.165) is 25.8 Å². The van der Waals surface area contributed by atoms with Crippen LogP contribution in [0.5, 0.6) is 0 Å². The first-order chi connectivity index (χ1) is 18.4. The summed E-state index contributed by atoms with van der Waals surface area (Å²) in [4.78, 5) is 43.4. The molecule has 6 rings (SSSR count). The SMILES string of the molecule is O=C1C=C(C(=O)N[C@@H]2CCN(C3C(C(=O)N4CCOCC4)CC(F)CC3C3CC3)C2)C2CCCC(F)C2N1. The Labute approximate surface area is 222 Å². The van der Waals surface area contributed by atoms with Gasteiger partial charge in [0.25, 0.3) is 0 Å². The minimum Gasteiger partial charge on any atom is -0.378 e. The first-order valence-corrected chi connectivity index (χ1v) is 14.6. The van der Waals surface area contributed by atoms with E-state index in [-0.39, 0.29) is 48.1 Å². The van der Waals surface area contributed by atoms with Crippen molar-refractivity contribution in [1.29, 1.82) is 0 Å². The minimum atomic E-state index is -1.14. The second-order valence-electron chi connectivity index (χ2n) is 12.2. The van der Waals surface area contributed by atoms with Crippen LogP contribution in [-0.4, -0.2) is 97.4 Å². The van der Waals surface area contributed by atoms with Crippen LogP contribution >= 0.6 is 0 Å². The van der Waals surface area contributed by atoms with E-state index in [0.29, 0.717) is 70.0 Å². The third-order valence-corrected chi connectivity index (χ3v) is 9.81. The van der Waals surface area contributed by atoms with Gasteiger partial charge in [0.1, 0.15) is 12.3 Å². The van der Waals surface area contributed by atoms with Crippen LogP contribution in [0.15, 0.2) is 11.6 Å². The van der Waals surface area contributed by atoms with E-state index >= 15 is 0 Å². The van der Waals surface area contributed by atoms with Crippen molar-refractivity contribution in [2.24, 2.45) is 23.7 Å². The summed E-state index contributed by atoms with van der Waals surface area (Å²) in [7, 11) is 0. The molecular formula is C28H40F2N4O4. The largest absolute Gasteiger partial charge is 0.378 e. The van der Waals surface area contributed by atoms with Crippen molar-refractivity contribution in [2.45, 2.75) is 81.8 Å². The van der Waals surface area contributed by atoms with Crippen LogP contribution in [0.4, 0.5) is 8.78 Å². The number of fused-ring (bicyclic) bond motifs is 1. The summed E-state index contributed by atoms with van der Waals surface area (Å²) in [5.41, 5.74) is 0.383. The van der Waals surface area contributed by atoms with Crippen molar-refractivity contribution in [1.82, 2.24) is 20.4 Å². The Balaban J connectivity index is 1.15. The molecule has 0 aromatic carbocycles. The van der Waals surface area contributed by atoms with Crippen molar-refractivity contribution < 1.29 is 27.9 Å². The molecule has 3 aliphatic carbocycles. The van der Waals surface area contributed by atoms with Gasteiger partial charge in [-0.25, -0.2) is 8.78 Å². The zero-order chi connectivity index (χ0) is 26.4. The summed E-state index contributed by atoms with van der Waals surface area (Å²) in [6.07, 6.45) is 4.70. The summed E-state index contributed by atoms with van der Waals surface area (Å²) in [6.45, 7) is 3.48. The molecule has 0 aromatic heterocycles. The van der Waals surface area contributed by atoms with Gasteiger partial charge >= 0.3 is 0 Å². The number of hydrogen-bond donors (Lipinski definition) is 2. The Hall–Kier alpha value is -2.07. The number of hydrogen-bond acceptors (Lipinski definition) is 5. The Bertz CT molecular complexity index is 969. The number of halogens is 2. The van der Waals surface area contributed by atoms with Crippen molar-refractivity contribution in [3.63, 3.8) is 0 Å². The molecule has 210 valence electrons. The van der Waals surface area contributed by atoms with Crippen molar-refractivity contribution in [3.8, 4) is 0 Å². The first kappa shape index (κ1) is 26.2. The lowest BCUT2D eigenvalue weighted by atomic mass is 9.72. The van der Waals surface area contributed by atoms with E-state index in [4.69, 9.17) is 4.74 Å². The van der Waals surface area contributed by atoms with Gasteiger partial charge in [0.05, 0.1) is 25.2 Å². The molecule has 8 atom stereocenters. The van der Waals surface area contributed by atoms with Gasteiger partial charge in [0.15, 0.2) is 0 Å². The summed E-state index contributed by atoms with van der Waals surface area (Å²) in [6, 6.07) is -0.788. The third-order valence-electron chi connectivity index (χ3n) is 9.81. The maximum Gasteiger partial charge on any atom is 0.248 e. The molecule has 3 amide bonds. The Morgan fingerprint density at radius 2 is 1.82 bits per heavy atom. The zero-order valence-corrected chi connectivity index (χ0v) is 22.0. The van der Waals surface area contributed by atoms with Gasteiger partial charge in [-0.05, 0) is 63.2 Å². The van der Waals surface area contributed by atoms with Crippen molar-refractivity contribution >= 4 is 17.7 Å². The maximum atomic E-state index is 15.0. The van der Waals surface area contributed by atoms with E-state index in [2.05, 4.69) is 15.5 Å². The molecular weight excluding hydrogens is 494 g/mol. The molecule has 10 heteroatoms. The molecule has 7 unspecified atom stereocenters. The van der Waals surface area contributed by atoms with Gasteiger partial charge in [-0.15, -0.1) is 0 Å². The van der Waals surface area contributed by atoms with Gasteiger partial charge < -0.3 is 20.3 Å². The Morgan fingerprint density at radius 1 is 1.03 bits per heavy atom. The lowest BCUT2D eigenvalue weighted by Crippen LogP contribution is -2.57. The van der Waals surface area contributed by atoms with Crippen molar-refractivity contribution in [2.75, 3.05) is 39.4 Å². The van der Waals surface area contributed by atoms with Crippen LogP contribution < -0.4 is 10.6 Å². The fraction of sp³-hybridized carbons (Fsp3) is 0.821. The molecule has 0 bridgehead atoms. The molecule has 2 N–H and O–H groups in total. The molecule has 3 saturated carbocycles. The number of alkyl halides is 2. The number of carbonyl (C=O) groups excluding carboxylic acids is 3. The molecule has 38 heavy (non-hydrogen) atoms. The average Bonchev–Trinajstić information content (AvgIpc) is 3.67. The quantitative estimate of drug-likeness (QED) is 0.561. The fourth-order valence-corrected chi connectivity index (χ4v) is 7.85. The number of nitrogens with one attached hydrogen (secondary N) is 2. The summed E-state index contributed by atoms with van der Waals surface area (Å²) in [5.74, 6) is -0.722. The highest BCUT2D eigenvalue weighted by Gasteiger charge is 2.51. The normalized spacial score (nSPS) is 40.2. The van der Waals surface area contributed by atoms with Gasteiger partial charge in [0, 0.05) is 55.8 Å².